The van der Waals surface area contributed by atoms with Gasteiger partial charge in [0, 0.05) is 15.6 Å². The number of nitrogens with one attached hydrogen (secondary N) is 1. The predicted octanol–water partition coefficient (Wildman–Crippen LogP) is 5.48. The van der Waals surface area contributed by atoms with Crippen LogP contribution in [-0.2, 0) is 6.42 Å². The summed E-state index contributed by atoms with van der Waals surface area (Å²) in [5, 5.41) is 17.1. The normalized spacial score (nSPS) is 11.8. The summed E-state index contributed by atoms with van der Waals surface area (Å²) in [5.74, 6) is 1.69. The van der Waals surface area contributed by atoms with Crippen molar-refractivity contribution in [3.63, 3.8) is 0 Å². The number of thiophene rings is 1. The summed E-state index contributed by atoms with van der Waals surface area (Å²) in [7, 11) is 6.21. The number of hydrogen-bond acceptors (Lipinski definition) is 8. The molecule has 2 N–H and O–H groups in total. The number of pyridine rings is 1. The second kappa shape index (κ2) is 11.8. The average molecular weight is 559 g/mol. The van der Waals surface area contributed by atoms with E-state index in [1.54, 1.807) is 70.1 Å². The van der Waals surface area contributed by atoms with Crippen molar-refractivity contribution in [2.24, 2.45) is 0 Å². The number of aliphatic hydroxyl groups excluding tert-OH is 1. The summed E-state index contributed by atoms with van der Waals surface area (Å²) in [6, 6.07) is 18.3. The number of nitrogens with zero attached hydrogens (tertiary/aromatic N) is 1. The molecule has 0 spiro atoms. The van der Waals surface area contributed by atoms with E-state index in [0.29, 0.717) is 57.1 Å². The van der Waals surface area contributed by atoms with Crippen LogP contribution in [0.3, 0.4) is 0 Å². The van der Waals surface area contributed by atoms with Gasteiger partial charge >= 0.3 is 0 Å². The Balaban J connectivity index is 1.55. The molecule has 0 aliphatic rings. The van der Waals surface area contributed by atoms with Crippen molar-refractivity contribution in [1.29, 1.82) is 0 Å². The van der Waals surface area contributed by atoms with E-state index >= 15 is 0 Å². The molecule has 1 amide bonds. The van der Waals surface area contributed by atoms with Gasteiger partial charge in [-0.3, -0.25) is 4.79 Å². The monoisotopic (exact) mass is 558 g/mol. The van der Waals surface area contributed by atoms with Crippen LogP contribution in [-0.4, -0.2) is 57.1 Å². The standard InChI is InChI=1S/C31H30N2O6S/c1-36-21-9-10-25-23(14-21)24(15-26(33-25)18-12-27(37-2)30(39-4)28(13-18)38-3)31(35)32-20(16-34)11-19-17-40-29-8-6-5-7-22(19)29/h5-10,12-15,17,20,34H,11,16H2,1-4H3,(H,32,35)/t20-/m1/s1. The molecule has 40 heavy (non-hydrogen) atoms. The SMILES string of the molecule is COc1ccc2nc(-c3cc(OC)c(OC)c(OC)c3)cc(C(=O)N[C@@H](CO)Cc3csc4ccccc34)c2c1. The van der Waals surface area contributed by atoms with Gasteiger partial charge in [0.15, 0.2) is 11.5 Å². The number of methoxy groups -OCH3 is 4. The van der Waals surface area contributed by atoms with Gasteiger partial charge in [0.05, 0.1) is 57.9 Å². The third-order valence-electron chi connectivity index (χ3n) is 6.80. The molecule has 0 saturated carbocycles. The van der Waals surface area contributed by atoms with Gasteiger partial charge in [-0.25, -0.2) is 4.98 Å². The molecule has 0 radical (unpaired) electrons. The predicted molar refractivity (Wildman–Crippen MR) is 157 cm³/mol. The lowest BCUT2D eigenvalue weighted by molar-refractivity contribution is 0.0918. The van der Waals surface area contributed by atoms with E-state index in [9.17, 15) is 9.90 Å². The van der Waals surface area contributed by atoms with Gasteiger partial charge in [-0.05, 0) is 65.2 Å². The number of benzene rings is 3. The first-order chi connectivity index (χ1) is 19.5. The molecule has 0 aliphatic heterocycles. The Kier molecular flexibility index (Phi) is 8.04. The quantitative estimate of drug-likeness (QED) is 0.234. The molecule has 3 aromatic carbocycles. The number of rotatable bonds is 10. The first-order valence-corrected chi connectivity index (χ1v) is 13.5. The Morgan fingerprint density at radius 2 is 1.68 bits per heavy atom. The number of fused-ring (bicyclic) bond motifs is 2. The molecule has 5 aromatic rings. The van der Waals surface area contributed by atoms with Crippen LogP contribution in [0.1, 0.15) is 15.9 Å². The summed E-state index contributed by atoms with van der Waals surface area (Å²) < 4.78 is 23.1. The highest BCUT2D eigenvalue weighted by molar-refractivity contribution is 7.17. The lowest BCUT2D eigenvalue weighted by atomic mass is 10.0. The number of carbonyl (C=O) groups excluding carboxylic acids is 1. The molecule has 0 bridgehead atoms. The number of carbonyl (C=O) groups is 1. The van der Waals surface area contributed by atoms with Crippen LogP contribution < -0.4 is 24.3 Å². The zero-order chi connectivity index (χ0) is 28.2. The van der Waals surface area contributed by atoms with Crippen molar-refractivity contribution in [3.05, 3.63) is 77.2 Å². The van der Waals surface area contributed by atoms with E-state index in [-0.39, 0.29) is 12.5 Å². The van der Waals surface area contributed by atoms with Gasteiger partial charge in [0.2, 0.25) is 5.75 Å². The van der Waals surface area contributed by atoms with Crippen molar-refractivity contribution in [1.82, 2.24) is 10.3 Å². The van der Waals surface area contributed by atoms with Crippen molar-refractivity contribution in [2.45, 2.75) is 12.5 Å². The molecule has 2 heterocycles. The molecule has 5 rings (SSSR count). The van der Waals surface area contributed by atoms with Crippen LogP contribution in [0.2, 0.25) is 0 Å². The molecule has 206 valence electrons. The topological polar surface area (TPSA) is 99.1 Å². The van der Waals surface area contributed by atoms with Crippen molar-refractivity contribution < 1.29 is 28.8 Å². The average Bonchev–Trinajstić information content (AvgIpc) is 3.41. The van der Waals surface area contributed by atoms with Gasteiger partial charge in [0.1, 0.15) is 5.75 Å². The smallest absolute Gasteiger partial charge is 0.252 e. The molecule has 1 atom stereocenters. The number of ether oxygens (including phenoxy) is 4. The minimum atomic E-state index is -0.482. The maximum atomic E-state index is 13.8. The Morgan fingerprint density at radius 1 is 0.925 bits per heavy atom. The number of aliphatic hydroxyl groups is 1. The number of amides is 1. The number of aromatic nitrogens is 1. The fraction of sp³-hybridized carbons (Fsp3) is 0.226. The molecule has 0 aliphatic carbocycles. The largest absolute Gasteiger partial charge is 0.497 e. The van der Waals surface area contributed by atoms with Crippen LogP contribution in [0.5, 0.6) is 23.0 Å². The maximum absolute atomic E-state index is 13.8. The zero-order valence-electron chi connectivity index (χ0n) is 22.7. The van der Waals surface area contributed by atoms with Crippen molar-refractivity contribution in [2.75, 3.05) is 35.0 Å². The first-order valence-electron chi connectivity index (χ1n) is 12.7. The first kappa shape index (κ1) is 27.2. The molecule has 9 heteroatoms. The van der Waals surface area contributed by atoms with Crippen LogP contribution >= 0.6 is 11.3 Å². The summed E-state index contributed by atoms with van der Waals surface area (Å²) in [6.45, 7) is -0.206. The minimum Gasteiger partial charge on any atom is -0.497 e. The second-order valence-electron chi connectivity index (χ2n) is 9.17. The Morgan fingerprint density at radius 3 is 2.35 bits per heavy atom. The third-order valence-corrected chi connectivity index (χ3v) is 7.82. The number of hydrogen-bond donors (Lipinski definition) is 2. The zero-order valence-corrected chi connectivity index (χ0v) is 23.5. The van der Waals surface area contributed by atoms with Gasteiger partial charge in [-0.15, -0.1) is 11.3 Å². The fourth-order valence-electron chi connectivity index (χ4n) is 4.78. The Labute approximate surface area is 236 Å². The summed E-state index contributed by atoms with van der Waals surface area (Å²) in [5.41, 5.74) is 3.33. The molecule has 2 aromatic heterocycles. The van der Waals surface area contributed by atoms with Crippen LogP contribution in [0.15, 0.2) is 66.0 Å². The summed E-state index contributed by atoms with van der Waals surface area (Å²) in [4.78, 5) is 18.6. The van der Waals surface area contributed by atoms with E-state index in [4.69, 9.17) is 23.9 Å². The maximum Gasteiger partial charge on any atom is 0.252 e. The van der Waals surface area contributed by atoms with Crippen molar-refractivity contribution in [3.8, 4) is 34.3 Å². The highest BCUT2D eigenvalue weighted by Gasteiger charge is 2.21. The second-order valence-corrected chi connectivity index (χ2v) is 10.1. The van der Waals surface area contributed by atoms with Gasteiger partial charge in [0.25, 0.3) is 5.91 Å². The van der Waals surface area contributed by atoms with E-state index < -0.39 is 6.04 Å². The Hall–Kier alpha value is -4.34. The molecule has 0 fully saturated rings. The van der Waals surface area contributed by atoms with Crippen LogP contribution in [0.25, 0.3) is 32.2 Å². The highest BCUT2D eigenvalue weighted by Crippen LogP contribution is 2.41. The van der Waals surface area contributed by atoms with E-state index in [1.807, 2.05) is 18.2 Å². The fourth-order valence-corrected chi connectivity index (χ4v) is 5.75. The van der Waals surface area contributed by atoms with Gasteiger partial charge in [-0.2, -0.15) is 0 Å². The van der Waals surface area contributed by atoms with E-state index in [0.717, 1.165) is 10.9 Å². The van der Waals surface area contributed by atoms with Crippen LogP contribution in [0, 0.1) is 0 Å². The molecular formula is C31H30N2O6S. The lowest BCUT2D eigenvalue weighted by Crippen LogP contribution is -2.39. The van der Waals surface area contributed by atoms with Gasteiger partial charge in [-0.1, -0.05) is 18.2 Å². The molecule has 0 saturated heterocycles. The van der Waals surface area contributed by atoms with Gasteiger partial charge < -0.3 is 29.4 Å². The Bertz CT molecular complexity index is 1660. The summed E-state index contributed by atoms with van der Waals surface area (Å²) >= 11 is 1.65. The molecule has 0 unspecified atom stereocenters. The highest BCUT2D eigenvalue weighted by atomic mass is 32.1. The minimum absolute atomic E-state index is 0.206. The summed E-state index contributed by atoms with van der Waals surface area (Å²) in [6.07, 6.45) is 0.498. The van der Waals surface area contributed by atoms with E-state index in [2.05, 4.69) is 22.8 Å². The lowest BCUT2D eigenvalue weighted by Gasteiger charge is -2.18. The van der Waals surface area contributed by atoms with Crippen molar-refractivity contribution >= 4 is 38.2 Å². The molecule has 8 nitrogen and oxygen atoms in total. The van der Waals surface area contributed by atoms with E-state index in [1.165, 1.54) is 4.70 Å². The van der Waals surface area contributed by atoms with Crippen LogP contribution in [0.4, 0.5) is 0 Å². The third kappa shape index (κ3) is 5.25. The molecular weight excluding hydrogens is 528 g/mol.